The highest BCUT2D eigenvalue weighted by Gasteiger charge is 2.07. The quantitative estimate of drug-likeness (QED) is 0.559. The highest BCUT2D eigenvalue weighted by atomic mass is 32.2. The van der Waals surface area contributed by atoms with E-state index >= 15 is 0 Å². The normalized spacial score (nSPS) is 10.6. The number of hydrogen-bond donors (Lipinski definition) is 3. The van der Waals surface area contributed by atoms with Gasteiger partial charge in [-0.25, -0.2) is 15.0 Å². The topological polar surface area (TPSA) is 124 Å². The largest absolute Gasteiger partial charge is 0.384 e. The van der Waals surface area contributed by atoms with E-state index in [9.17, 15) is 4.79 Å². The first kappa shape index (κ1) is 13.3. The van der Waals surface area contributed by atoms with Crippen molar-refractivity contribution in [3.8, 4) is 0 Å². The van der Waals surface area contributed by atoms with Crippen LogP contribution in [-0.2, 0) is 6.42 Å². The minimum Gasteiger partial charge on any atom is -0.384 e. The zero-order valence-electron chi connectivity index (χ0n) is 10.4. The molecule has 2 aromatic heterocycles. The molecule has 5 N–H and O–H groups in total. The average molecular weight is 278 g/mol. The molecule has 2 heterocycles. The van der Waals surface area contributed by atoms with Crippen LogP contribution in [0, 0.1) is 0 Å². The molecule has 0 unspecified atom stereocenters. The third-order valence-corrected chi connectivity index (χ3v) is 2.99. The summed E-state index contributed by atoms with van der Waals surface area (Å²) in [5.41, 5.74) is 10.9. The molecule has 0 aliphatic heterocycles. The van der Waals surface area contributed by atoms with Gasteiger partial charge in [0.05, 0.1) is 0 Å². The van der Waals surface area contributed by atoms with Crippen LogP contribution < -0.4 is 17.0 Å². The Balaban J connectivity index is 2.29. The van der Waals surface area contributed by atoms with E-state index < -0.39 is 0 Å². The van der Waals surface area contributed by atoms with Crippen LogP contribution >= 0.6 is 11.8 Å². The summed E-state index contributed by atoms with van der Waals surface area (Å²) in [4.78, 5) is 26.4. The average Bonchev–Trinajstić information content (AvgIpc) is 2.26. The van der Waals surface area contributed by atoms with E-state index in [-0.39, 0.29) is 11.4 Å². The molecule has 0 saturated heterocycles. The summed E-state index contributed by atoms with van der Waals surface area (Å²) in [6.45, 7) is 2.04. The molecule has 0 radical (unpaired) electrons. The summed E-state index contributed by atoms with van der Waals surface area (Å²) in [5, 5.41) is 1.01. The fraction of sp³-hybridized carbons (Fsp3) is 0.273. The predicted octanol–water partition coefficient (Wildman–Crippen LogP) is 0.828. The fourth-order valence-corrected chi connectivity index (χ4v) is 2.31. The predicted molar refractivity (Wildman–Crippen MR) is 73.8 cm³/mol. The van der Waals surface area contributed by atoms with Crippen LogP contribution in [0.1, 0.15) is 19.2 Å². The molecule has 0 aromatic carbocycles. The number of H-pyrrole nitrogens is 1. The highest BCUT2D eigenvalue weighted by Crippen LogP contribution is 2.23. The van der Waals surface area contributed by atoms with Gasteiger partial charge in [-0.05, 0) is 18.2 Å². The lowest BCUT2D eigenvalue weighted by atomic mass is 10.3. The third kappa shape index (κ3) is 3.68. The van der Waals surface area contributed by atoms with Crippen molar-refractivity contribution >= 4 is 23.4 Å². The number of aromatic amines is 1. The first-order valence-corrected chi connectivity index (χ1v) is 6.56. The lowest BCUT2D eigenvalue weighted by molar-refractivity contribution is 0.811. The first-order valence-electron chi connectivity index (χ1n) is 5.75. The van der Waals surface area contributed by atoms with Gasteiger partial charge >= 0.3 is 0 Å². The van der Waals surface area contributed by atoms with E-state index in [1.165, 1.54) is 17.8 Å². The third-order valence-electron chi connectivity index (χ3n) is 2.18. The van der Waals surface area contributed by atoms with Crippen molar-refractivity contribution in [1.29, 1.82) is 0 Å². The molecule has 19 heavy (non-hydrogen) atoms. The minimum absolute atomic E-state index is 0.169. The molecule has 0 fully saturated rings. The molecular weight excluding hydrogens is 264 g/mol. The molecular formula is C11H14N6OS. The second kappa shape index (κ2) is 5.70. The van der Waals surface area contributed by atoms with Gasteiger partial charge in [0, 0.05) is 18.6 Å². The van der Waals surface area contributed by atoms with Gasteiger partial charge in [0.2, 0.25) is 0 Å². The van der Waals surface area contributed by atoms with Crippen LogP contribution in [0.15, 0.2) is 27.1 Å². The number of nitrogen functional groups attached to an aromatic ring is 2. The summed E-state index contributed by atoms with van der Waals surface area (Å²) < 4.78 is 0. The Hall–Kier alpha value is -2.09. The zero-order valence-corrected chi connectivity index (χ0v) is 11.2. The number of aromatic nitrogens is 4. The Morgan fingerprint density at radius 2 is 1.95 bits per heavy atom. The summed E-state index contributed by atoms with van der Waals surface area (Å²) in [7, 11) is 0. The fourth-order valence-electron chi connectivity index (χ4n) is 1.48. The molecule has 0 aliphatic rings. The highest BCUT2D eigenvalue weighted by molar-refractivity contribution is 7.99. The van der Waals surface area contributed by atoms with Crippen LogP contribution in [-0.4, -0.2) is 19.9 Å². The van der Waals surface area contributed by atoms with Crippen molar-refractivity contribution in [3.05, 3.63) is 28.3 Å². The Morgan fingerprint density at radius 1 is 1.21 bits per heavy atom. The molecule has 8 heteroatoms. The van der Waals surface area contributed by atoms with Crippen LogP contribution in [0.4, 0.5) is 11.6 Å². The van der Waals surface area contributed by atoms with Gasteiger partial charge < -0.3 is 16.5 Å². The van der Waals surface area contributed by atoms with Gasteiger partial charge in [0.15, 0.2) is 5.16 Å². The maximum absolute atomic E-state index is 11.3. The summed E-state index contributed by atoms with van der Waals surface area (Å²) >= 11 is 1.19. The summed E-state index contributed by atoms with van der Waals surface area (Å²) in [6.07, 6.45) is 1.68. The molecule has 0 amide bonds. The second-order valence-corrected chi connectivity index (χ2v) is 4.88. The van der Waals surface area contributed by atoms with Gasteiger partial charge in [-0.1, -0.05) is 6.92 Å². The minimum atomic E-state index is -0.300. The lowest BCUT2D eigenvalue weighted by Crippen LogP contribution is -2.09. The van der Waals surface area contributed by atoms with Gasteiger partial charge in [0.1, 0.15) is 22.5 Å². The SMILES string of the molecule is CCCc1nc(N)cc(Sc2nc(N)cc(=O)[nH]2)n1. The van der Waals surface area contributed by atoms with E-state index in [1.54, 1.807) is 6.07 Å². The van der Waals surface area contributed by atoms with Crippen molar-refractivity contribution in [3.63, 3.8) is 0 Å². The van der Waals surface area contributed by atoms with E-state index in [0.717, 1.165) is 12.8 Å². The monoisotopic (exact) mass is 278 g/mol. The van der Waals surface area contributed by atoms with E-state index in [4.69, 9.17) is 11.5 Å². The Kier molecular flexibility index (Phi) is 4.00. The van der Waals surface area contributed by atoms with E-state index in [2.05, 4.69) is 19.9 Å². The Morgan fingerprint density at radius 3 is 2.63 bits per heavy atom. The Bertz CT molecular complexity index is 641. The number of nitrogens with two attached hydrogens (primary N) is 2. The van der Waals surface area contributed by atoms with E-state index in [1.807, 2.05) is 6.92 Å². The summed E-state index contributed by atoms with van der Waals surface area (Å²) in [6, 6.07) is 2.86. The molecule has 0 aliphatic carbocycles. The van der Waals surface area contributed by atoms with Crippen molar-refractivity contribution in [2.75, 3.05) is 11.5 Å². The molecule has 0 bridgehead atoms. The Labute approximate surface area is 113 Å². The van der Waals surface area contributed by atoms with E-state index in [0.29, 0.717) is 21.8 Å². The lowest BCUT2D eigenvalue weighted by Gasteiger charge is -2.04. The zero-order chi connectivity index (χ0) is 13.8. The first-order chi connectivity index (χ1) is 9.06. The standard InChI is InChI=1S/C11H14N6OS/c1-2-3-8-14-7(13)5-10(16-8)19-11-15-6(12)4-9(18)17-11/h4-5H,2-3H2,1H3,(H2,13,14,16)(H3,12,15,17,18). The smallest absolute Gasteiger partial charge is 0.253 e. The number of hydrogen-bond acceptors (Lipinski definition) is 7. The number of rotatable bonds is 4. The van der Waals surface area contributed by atoms with Crippen molar-refractivity contribution < 1.29 is 0 Å². The van der Waals surface area contributed by atoms with Crippen molar-refractivity contribution in [2.24, 2.45) is 0 Å². The van der Waals surface area contributed by atoms with Crippen LogP contribution in [0.2, 0.25) is 0 Å². The van der Waals surface area contributed by atoms with Gasteiger partial charge in [-0.3, -0.25) is 4.79 Å². The molecule has 0 saturated carbocycles. The molecule has 7 nitrogen and oxygen atoms in total. The maximum Gasteiger partial charge on any atom is 0.253 e. The maximum atomic E-state index is 11.3. The molecule has 0 atom stereocenters. The van der Waals surface area contributed by atoms with Crippen LogP contribution in [0.5, 0.6) is 0 Å². The molecule has 2 rings (SSSR count). The van der Waals surface area contributed by atoms with Crippen LogP contribution in [0.3, 0.4) is 0 Å². The molecule has 100 valence electrons. The summed E-state index contributed by atoms with van der Waals surface area (Å²) in [5.74, 6) is 1.24. The van der Waals surface area contributed by atoms with Gasteiger partial charge in [-0.15, -0.1) is 0 Å². The number of aryl methyl sites for hydroxylation is 1. The molecule has 0 spiro atoms. The number of nitrogens with zero attached hydrogens (tertiary/aromatic N) is 3. The number of anilines is 2. The number of nitrogens with one attached hydrogen (secondary N) is 1. The molecule has 2 aromatic rings. The second-order valence-electron chi connectivity index (χ2n) is 3.87. The van der Waals surface area contributed by atoms with Crippen molar-refractivity contribution in [1.82, 2.24) is 19.9 Å². The van der Waals surface area contributed by atoms with Gasteiger partial charge in [-0.2, -0.15) is 0 Å². The van der Waals surface area contributed by atoms with Gasteiger partial charge in [0.25, 0.3) is 5.56 Å². The van der Waals surface area contributed by atoms with Crippen LogP contribution in [0.25, 0.3) is 0 Å². The van der Waals surface area contributed by atoms with Crippen molar-refractivity contribution in [2.45, 2.75) is 29.9 Å².